The van der Waals surface area contributed by atoms with Crippen molar-refractivity contribution in [3.05, 3.63) is 35.4 Å². The molecule has 0 spiro atoms. The molecule has 2 nitrogen and oxygen atoms in total. The highest BCUT2D eigenvalue weighted by Gasteiger charge is 2.24. The molecule has 1 aliphatic heterocycles. The van der Waals surface area contributed by atoms with Crippen molar-refractivity contribution >= 4 is 0 Å². The summed E-state index contributed by atoms with van der Waals surface area (Å²) in [5.74, 6) is -2.38. The van der Waals surface area contributed by atoms with Crippen molar-refractivity contribution in [2.75, 3.05) is 32.7 Å². The summed E-state index contributed by atoms with van der Waals surface area (Å²) < 4.78 is 26.3. The van der Waals surface area contributed by atoms with E-state index in [0.29, 0.717) is 5.92 Å². The highest BCUT2D eigenvalue weighted by atomic mass is 19.3. The van der Waals surface area contributed by atoms with Gasteiger partial charge in [-0.1, -0.05) is 31.2 Å². The van der Waals surface area contributed by atoms with Crippen molar-refractivity contribution in [2.45, 2.75) is 25.7 Å². The zero-order valence-corrected chi connectivity index (χ0v) is 11.6. The summed E-state index contributed by atoms with van der Waals surface area (Å²) in [6.45, 7) is 8.28. The third kappa shape index (κ3) is 3.98. The lowest BCUT2D eigenvalue weighted by Gasteiger charge is -2.29. The zero-order chi connectivity index (χ0) is 13.9. The maximum Gasteiger partial charge on any atom is 0.270 e. The number of alkyl halides is 2. The first-order valence-electron chi connectivity index (χ1n) is 6.88. The van der Waals surface area contributed by atoms with E-state index < -0.39 is 5.92 Å². The number of benzene rings is 1. The molecule has 0 radical (unpaired) electrons. The quantitative estimate of drug-likeness (QED) is 0.903. The molecule has 1 unspecified atom stereocenters. The lowest BCUT2D eigenvalue weighted by atomic mass is 9.98. The van der Waals surface area contributed by atoms with Gasteiger partial charge < -0.3 is 10.2 Å². The van der Waals surface area contributed by atoms with Gasteiger partial charge in [-0.2, -0.15) is 0 Å². The van der Waals surface area contributed by atoms with Crippen LogP contribution < -0.4 is 5.32 Å². The molecule has 19 heavy (non-hydrogen) atoms. The van der Waals surface area contributed by atoms with Gasteiger partial charge in [0.15, 0.2) is 0 Å². The minimum Gasteiger partial charge on any atom is -0.314 e. The summed E-state index contributed by atoms with van der Waals surface area (Å²) >= 11 is 0. The molecule has 0 saturated carbocycles. The SMILES string of the molecule is CC(CN1CCNCC1)c1ccc(C(C)(F)F)cc1. The van der Waals surface area contributed by atoms with Crippen molar-refractivity contribution in [1.29, 1.82) is 0 Å². The number of hydrogen-bond donors (Lipinski definition) is 1. The lowest BCUT2D eigenvalue weighted by Crippen LogP contribution is -2.44. The van der Waals surface area contributed by atoms with Gasteiger partial charge in [0.2, 0.25) is 0 Å². The molecule has 1 N–H and O–H groups in total. The number of nitrogens with zero attached hydrogens (tertiary/aromatic N) is 1. The van der Waals surface area contributed by atoms with Gasteiger partial charge in [0.25, 0.3) is 5.92 Å². The Bertz CT molecular complexity index is 392. The van der Waals surface area contributed by atoms with Gasteiger partial charge in [-0.05, 0) is 11.5 Å². The Morgan fingerprint density at radius 2 is 1.79 bits per heavy atom. The molecule has 106 valence electrons. The van der Waals surface area contributed by atoms with Crippen LogP contribution in [0.5, 0.6) is 0 Å². The number of rotatable bonds is 4. The fourth-order valence-corrected chi connectivity index (χ4v) is 2.49. The third-order valence-electron chi connectivity index (χ3n) is 3.73. The van der Waals surface area contributed by atoms with Crippen LogP contribution in [0.1, 0.15) is 30.9 Å². The predicted molar refractivity (Wildman–Crippen MR) is 73.7 cm³/mol. The second-order valence-electron chi connectivity index (χ2n) is 5.46. The van der Waals surface area contributed by atoms with Gasteiger partial charge in [0.1, 0.15) is 0 Å². The zero-order valence-electron chi connectivity index (χ0n) is 11.6. The van der Waals surface area contributed by atoms with Crippen LogP contribution in [0.4, 0.5) is 8.78 Å². The Morgan fingerprint density at radius 1 is 1.21 bits per heavy atom. The topological polar surface area (TPSA) is 15.3 Å². The maximum absolute atomic E-state index is 13.1. The summed E-state index contributed by atoms with van der Waals surface area (Å²) in [5.41, 5.74) is 1.22. The van der Waals surface area contributed by atoms with Crippen LogP contribution in [-0.4, -0.2) is 37.6 Å². The number of piperazine rings is 1. The molecule has 1 aromatic rings. The predicted octanol–water partition coefficient (Wildman–Crippen LogP) is 2.81. The van der Waals surface area contributed by atoms with Crippen LogP contribution in [0.25, 0.3) is 0 Å². The summed E-state index contributed by atoms with van der Waals surface area (Å²) in [4.78, 5) is 2.42. The normalized spacial score (nSPS) is 19.4. The van der Waals surface area contributed by atoms with Crippen LogP contribution in [0.3, 0.4) is 0 Å². The van der Waals surface area contributed by atoms with Crippen LogP contribution in [-0.2, 0) is 5.92 Å². The van der Waals surface area contributed by atoms with Gasteiger partial charge in [-0.15, -0.1) is 0 Å². The molecule has 0 bridgehead atoms. The van der Waals surface area contributed by atoms with E-state index in [1.807, 2.05) is 12.1 Å². The molecule has 1 heterocycles. The molecule has 1 fully saturated rings. The van der Waals surface area contributed by atoms with Crippen LogP contribution >= 0.6 is 0 Å². The van der Waals surface area contributed by atoms with Crippen molar-refractivity contribution in [3.8, 4) is 0 Å². The number of halogens is 2. The first kappa shape index (κ1) is 14.4. The van der Waals surface area contributed by atoms with Crippen molar-refractivity contribution in [1.82, 2.24) is 10.2 Å². The Labute approximate surface area is 113 Å². The molecule has 1 aliphatic rings. The summed E-state index contributed by atoms with van der Waals surface area (Å²) in [7, 11) is 0. The van der Waals surface area contributed by atoms with Gasteiger partial charge in [0, 0.05) is 45.2 Å². The summed E-state index contributed by atoms with van der Waals surface area (Å²) in [6.07, 6.45) is 0. The van der Waals surface area contributed by atoms with Crippen LogP contribution in [0.15, 0.2) is 24.3 Å². The smallest absolute Gasteiger partial charge is 0.270 e. The highest BCUT2D eigenvalue weighted by molar-refractivity contribution is 5.27. The Morgan fingerprint density at radius 3 is 2.32 bits per heavy atom. The first-order valence-corrected chi connectivity index (χ1v) is 6.88. The molecular formula is C15H22F2N2. The summed E-state index contributed by atoms with van der Waals surface area (Å²) in [6, 6.07) is 6.76. The molecular weight excluding hydrogens is 246 g/mol. The van der Waals surface area contributed by atoms with E-state index in [-0.39, 0.29) is 5.56 Å². The van der Waals surface area contributed by atoms with E-state index >= 15 is 0 Å². The molecule has 0 amide bonds. The molecule has 2 rings (SSSR count). The molecule has 1 saturated heterocycles. The van der Waals surface area contributed by atoms with Gasteiger partial charge in [-0.25, -0.2) is 8.78 Å². The van der Waals surface area contributed by atoms with E-state index in [2.05, 4.69) is 17.1 Å². The van der Waals surface area contributed by atoms with E-state index in [9.17, 15) is 8.78 Å². The van der Waals surface area contributed by atoms with Gasteiger partial charge in [0.05, 0.1) is 0 Å². The van der Waals surface area contributed by atoms with Gasteiger partial charge >= 0.3 is 0 Å². The van der Waals surface area contributed by atoms with Gasteiger partial charge in [-0.3, -0.25) is 0 Å². The average molecular weight is 268 g/mol. The minimum absolute atomic E-state index is 0.0885. The molecule has 0 aromatic heterocycles. The molecule has 1 aromatic carbocycles. The van der Waals surface area contributed by atoms with Crippen molar-refractivity contribution in [3.63, 3.8) is 0 Å². The minimum atomic E-state index is -2.75. The Kier molecular flexibility index (Phi) is 4.53. The monoisotopic (exact) mass is 268 g/mol. The lowest BCUT2D eigenvalue weighted by molar-refractivity contribution is 0.0174. The maximum atomic E-state index is 13.1. The van der Waals surface area contributed by atoms with Crippen LogP contribution in [0.2, 0.25) is 0 Å². The molecule has 0 aliphatic carbocycles. The molecule has 1 atom stereocenters. The van der Waals surface area contributed by atoms with Crippen LogP contribution in [0, 0.1) is 0 Å². The first-order chi connectivity index (χ1) is 8.97. The third-order valence-corrected chi connectivity index (χ3v) is 3.73. The van der Waals surface area contributed by atoms with E-state index in [4.69, 9.17) is 0 Å². The fourth-order valence-electron chi connectivity index (χ4n) is 2.49. The number of nitrogens with one attached hydrogen (secondary N) is 1. The van der Waals surface area contributed by atoms with Crippen molar-refractivity contribution in [2.24, 2.45) is 0 Å². The second-order valence-corrected chi connectivity index (χ2v) is 5.46. The molecule has 4 heteroatoms. The fraction of sp³-hybridized carbons (Fsp3) is 0.600. The second kappa shape index (κ2) is 5.97. The standard InChI is InChI=1S/C15H22F2N2/c1-12(11-19-9-7-18-8-10-19)13-3-5-14(6-4-13)15(2,16)17/h3-6,12,18H,7-11H2,1-2H3. The van der Waals surface area contributed by atoms with E-state index in [0.717, 1.165) is 45.2 Å². The summed E-state index contributed by atoms with van der Waals surface area (Å²) in [5, 5.41) is 3.33. The van der Waals surface area contributed by atoms with E-state index in [1.54, 1.807) is 12.1 Å². The highest BCUT2D eigenvalue weighted by Crippen LogP contribution is 2.28. The Hall–Kier alpha value is -1.00. The average Bonchev–Trinajstić information content (AvgIpc) is 2.39. The number of hydrogen-bond acceptors (Lipinski definition) is 2. The van der Waals surface area contributed by atoms with E-state index in [1.165, 1.54) is 0 Å². The largest absolute Gasteiger partial charge is 0.314 e. The Balaban J connectivity index is 1.97. The van der Waals surface area contributed by atoms with Crippen molar-refractivity contribution < 1.29 is 8.78 Å².